The summed E-state index contributed by atoms with van der Waals surface area (Å²) in [6.07, 6.45) is 2.43. The summed E-state index contributed by atoms with van der Waals surface area (Å²) in [5, 5.41) is 5.06. The molecule has 0 fully saturated rings. The molecule has 0 bridgehead atoms. The average molecular weight is 422 g/mol. The third-order valence-electron chi connectivity index (χ3n) is 4.85. The SMILES string of the molecule is CN(C)c1ccc(C2Nc3ccc(Cl)cc3C(=O)N2NC(=O)c2cccnc2)cc1. The molecule has 2 amide bonds. The van der Waals surface area contributed by atoms with Crippen molar-refractivity contribution in [3.63, 3.8) is 0 Å². The van der Waals surface area contributed by atoms with Gasteiger partial charge in [-0.15, -0.1) is 0 Å². The van der Waals surface area contributed by atoms with E-state index in [4.69, 9.17) is 11.6 Å². The van der Waals surface area contributed by atoms with E-state index in [1.165, 1.54) is 11.2 Å². The maximum Gasteiger partial charge on any atom is 0.276 e. The Labute approximate surface area is 179 Å². The third-order valence-corrected chi connectivity index (χ3v) is 5.09. The van der Waals surface area contributed by atoms with Gasteiger partial charge in [-0.25, -0.2) is 5.01 Å². The fraction of sp³-hybridized carbons (Fsp3) is 0.136. The zero-order chi connectivity index (χ0) is 21.3. The molecule has 0 radical (unpaired) electrons. The summed E-state index contributed by atoms with van der Waals surface area (Å²) in [4.78, 5) is 32.0. The molecule has 2 N–H and O–H groups in total. The van der Waals surface area contributed by atoms with E-state index in [0.29, 0.717) is 21.8 Å². The Hall–Kier alpha value is -3.58. The van der Waals surface area contributed by atoms with Gasteiger partial charge in [0.1, 0.15) is 6.17 Å². The summed E-state index contributed by atoms with van der Waals surface area (Å²) in [6.45, 7) is 0. The van der Waals surface area contributed by atoms with Gasteiger partial charge in [0.05, 0.1) is 11.1 Å². The fourth-order valence-corrected chi connectivity index (χ4v) is 3.42. The van der Waals surface area contributed by atoms with E-state index < -0.39 is 12.1 Å². The molecular weight excluding hydrogens is 402 g/mol. The smallest absolute Gasteiger partial charge is 0.276 e. The largest absolute Gasteiger partial charge is 0.378 e. The molecule has 3 aromatic rings. The summed E-state index contributed by atoms with van der Waals surface area (Å²) in [5.41, 5.74) is 5.95. The summed E-state index contributed by atoms with van der Waals surface area (Å²) >= 11 is 6.09. The number of nitrogens with zero attached hydrogens (tertiary/aromatic N) is 3. The minimum atomic E-state index is -0.594. The zero-order valence-electron chi connectivity index (χ0n) is 16.5. The van der Waals surface area contributed by atoms with Gasteiger partial charge in [-0.3, -0.25) is 20.0 Å². The summed E-state index contributed by atoms with van der Waals surface area (Å²) in [6, 6.07) is 16.1. The maximum absolute atomic E-state index is 13.3. The fourth-order valence-electron chi connectivity index (χ4n) is 3.25. The Morgan fingerprint density at radius 3 is 2.60 bits per heavy atom. The summed E-state index contributed by atoms with van der Waals surface area (Å²) < 4.78 is 0. The van der Waals surface area contributed by atoms with Crippen molar-refractivity contribution in [2.45, 2.75) is 6.17 Å². The van der Waals surface area contributed by atoms with Gasteiger partial charge < -0.3 is 10.2 Å². The molecule has 30 heavy (non-hydrogen) atoms. The van der Waals surface area contributed by atoms with Crippen LogP contribution < -0.4 is 15.6 Å². The number of rotatable bonds is 4. The van der Waals surface area contributed by atoms with Crippen LogP contribution in [0.3, 0.4) is 0 Å². The highest BCUT2D eigenvalue weighted by Crippen LogP contribution is 2.34. The summed E-state index contributed by atoms with van der Waals surface area (Å²) in [5.74, 6) is -0.788. The van der Waals surface area contributed by atoms with Crippen LogP contribution >= 0.6 is 11.6 Å². The van der Waals surface area contributed by atoms with Crippen LogP contribution in [0.1, 0.15) is 32.4 Å². The van der Waals surface area contributed by atoms with Gasteiger partial charge >= 0.3 is 0 Å². The van der Waals surface area contributed by atoms with Gasteiger partial charge in [-0.05, 0) is 48.0 Å². The van der Waals surface area contributed by atoms with Crippen LogP contribution in [-0.2, 0) is 0 Å². The topological polar surface area (TPSA) is 77.6 Å². The van der Waals surface area contributed by atoms with Crippen molar-refractivity contribution >= 4 is 34.8 Å². The van der Waals surface area contributed by atoms with E-state index in [1.807, 2.05) is 43.3 Å². The number of anilines is 2. The first-order chi connectivity index (χ1) is 14.4. The van der Waals surface area contributed by atoms with Crippen molar-refractivity contribution < 1.29 is 9.59 Å². The predicted octanol–water partition coefficient (Wildman–Crippen LogP) is 3.71. The van der Waals surface area contributed by atoms with Crippen LogP contribution in [0.2, 0.25) is 5.02 Å². The van der Waals surface area contributed by atoms with Crippen LogP contribution in [-0.4, -0.2) is 35.9 Å². The number of fused-ring (bicyclic) bond motifs is 1. The zero-order valence-corrected chi connectivity index (χ0v) is 17.2. The highest BCUT2D eigenvalue weighted by atomic mass is 35.5. The Kier molecular flexibility index (Phi) is 5.29. The summed E-state index contributed by atoms with van der Waals surface area (Å²) in [7, 11) is 3.91. The molecule has 1 aromatic heterocycles. The molecular formula is C22H20ClN5O2. The van der Waals surface area contributed by atoms with Crippen LogP contribution in [0, 0.1) is 0 Å². The lowest BCUT2D eigenvalue weighted by Crippen LogP contribution is -2.52. The lowest BCUT2D eigenvalue weighted by atomic mass is 10.0. The molecule has 1 aliphatic heterocycles. The van der Waals surface area contributed by atoms with Gasteiger partial charge in [0.2, 0.25) is 0 Å². The van der Waals surface area contributed by atoms with Crippen molar-refractivity contribution in [3.8, 4) is 0 Å². The van der Waals surface area contributed by atoms with Gasteiger partial charge in [0.15, 0.2) is 0 Å². The van der Waals surface area contributed by atoms with Crippen LogP contribution in [0.5, 0.6) is 0 Å². The first kappa shape index (κ1) is 19.7. The Balaban J connectivity index is 1.72. The van der Waals surface area contributed by atoms with Crippen LogP contribution in [0.25, 0.3) is 0 Å². The Morgan fingerprint density at radius 2 is 1.93 bits per heavy atom. The van der Waals surface area contributed by atoms with Crippen molar-refractivity contribution in [1.29, 1.82) is 0 Å². The molecule has 4 rings (SSSR count). The molecule has 2 heterocycles. The molecule has 1 unspecified atom stereocenters. The van der Waals surface area contributed by atoms with Crippen LogP contribution in [0.15, 0.2) is 67.0 Å². The minimum absolute atomic E-state index is 0.351. The van der Waals surface area contributed by atoms with Gasteiger partial charge in [0, 0.05) is 42.9 Å². The molecule has 152 valence electrons. The van der Waals surface area contributed by atoms with E-state index in [0.717, 1.165) is 11.3 Å². The molecule has 0 saturated carbocycles. The van der Waals surface area contributed by atoms with E-state index in [-0.39, 0.29) is 5.91 Å². The number of carbonyl (C=O) groups is 2. The van der Waals surface area contributed by atoms with E-state index >= 15 is 0 Å². The number of benzene rings is 2. The number of amides is 2. The first-order valence-electron chi connectivity index (χ1n) is 9.32. The molecule has 0 spiro atoms. The normalized spacial score (nSPS) is 15.2. The second kappa shape index (κ2) is 8.04. The number of hydrogen-bond acceptors (Lipinski definition) is 5. The molecule has 1 aliphatic rings. The average Bonchev–Trinajstić information content (AvgIpc) is 2.76. The van der Waals surface area contributed by atoms with E-state index in [1.54, 1.807) is 36.5 Å². The molecule has 7 nitrogen and oxygen atoms in total. The van der Waals surface area contributed by atoms with E-state index in [9.17, 15) is 9.59 Å². The maximum atomic E-state index is 13.3. The van der Waals surface area contributed by atoms with Crippen molar-refractivity contribution in [2.24, 2.45) is 0 Å². The van der Waals surface area contributed by atoms with Crippen molar-refractivity contribution in [1.82, 2.24) is 15.4 Å². The number of hydrazine groups is 1. The molecule has 0 saturated heterocycles. The van der Waals surface area contributed by atoms with Gasteiger partial charge in [-0.1, -0.05) is 23.7 Å². The van der Waals surface area contributed by atoms with Gasteiger partial charge in [-0.2, -0.15) is 0 Å². The monoisotopic (exact) mass is 421 g/mol. The number of halogens is 1. The minimum Gasteiger partial charge on any atom is -0.378 e. The first-order valence-corrected chi connectivity index (χ1v) is 9.70. The Morgan fingerprint density at radius 1 is 1.17 bits per heavy atom. The van der Waals surface area contributed by atoms with Gasteiger partial charge in [0.25, 0.3) is 11.8 Å². The standard InChI is InChI=1S/C22H20ClN5O2/c1-27(2)17-8-5-14(6-9-17)20-25-19-10-7-16(23)12-18(19)22(30)28(20)26-21(29)15-4-3-11-24-13-15/h3-13,20,25H,1-2H3,(H,26,29). The molecule has 2 aromatic carbocycles. The lowest BCUT2D eigenvalue weighted by Gasteiger charge is -2.38. The third kappa shape index (κ3) is 3.79. The molecule has 1 atom stereocenters. The predicted molar refractivity (Wildman–Crippen MR) is 116 cm³/mol. The second-order valence-electron chi connectivity index (χ2n) is 7.08. The Bertz CT molecular complexity index is 1090. The highest BCUT2D eigenvalue weighted by molar-refractivity contribution is 6.31. The lowest BCUT2D eigenvalue weighted by molar-refractivity contribution is 0.0491. The van der Waals surface area contributed by atoms with Crippen LogP contribution in [0.4, 0.5) is 11.4 Å². The van der Waals surface area contributed by atoms with E-state index in [2.05, 4.69) is 15.7 Å². The number of pyridine rings is 1. The number of nitrogens with one attached hydrogen (secondary N) is 2. The molecule has 0 aliphatic carbocycles. The second-order valence-corrected chi connectivity index (χ2v) is 7.52. The number of aromatic nitrogens is 1. The molecule has 8 heteroatoms. The highest BCUT2D eigenvalue weighted by Gasteiger charge is 2.34. The number of carbonyl (C=O) groups excluding carboxylic acids is 2. The quantitative estimate of drug-likeness (QED) is 0.671. The van der Waals surface area contributed by atoms with Crippen molar-refractivity contribution in [3.05, 3.63) is 88.7 Å². The number of hydrogen-bond donors (Lipinski definition) is 2. The van der Waals surface area contributed by atoms with Crippen molar-refractivity contribution in [2.75, 3.05) is 24.3 Å².